The highest BCUT2D eigenvalue weighted by molar-refractivity contribution is 9.11. The largest absolute Gasteiger partial charge is 0.395 e. The van der Waals surface area contributed by atoms with Gasteiger partial charge in [0.2, 0.25) is 0 Å². The first-order valence-corrected chi connectivity index (χ1v) is 8.00. The Labute approximate surface area is 131 Å². The number of aliphatic hydroxyl groups excluding tert-OH is 1. The van der Waals surface area contributed by atoms with Crippen molar-refractivity contribution in [3.8, 4) is 0 Å². The van der Waals surface area contributed by atoms with Crippen molar-refractivity contribution in [1.29, 1.82) is 0 Å². The summed E-state index contributed by atoms with van der Waals surface area (Å²) in [6.07, 6.45) is 1.77. The van der Waals surface area contributed by atoms with Gasteiger partial charge in [-0.3, -0.25) is 4.79 Å². The second-order valence-electron chi connectivity index (χ2n) is 4.35. The Morgan fingerprint density at radius 1 is 1.21 bits per heavy atom. The van der Waals surface area contributed by atoms with E-state index in [4.69, 9.17) is 5.11 Å². The van der Waals surface area contributed by atoms with Gasteiger partial charge in [-0.25, -0.2) is 0 Å². The topological polar surface area (TPSA) is 40.5 Å². The van der Waals surface area contributed by atoms with Crippen LogP contribution in [0.3, 0.4) is 0 Å². The average Bonchev–Trinajstić information content (AvgIpc) is 2.37. The summed E-state index contributed by atoms with van der Waals surface area (Å²) in [5.74, 6) is -0.0373. The van der Waals surface area contributed by atoms with Gasteiger partial charge in [0.05, 0.1) is 6.61 Å². The van der Waals surface area contributed by atoms with Gasteiger partial charge in [0.15, 0.2) is 0 Å². The lowest BCUT2D eigenvalue weighted by atomic mass is 10.1. The maximum Gasteiger partial charge on any atom is 0.254 e. The van der Waals surface area contributed by atoms with E-state index in [1.165, 1.54) is 0 Å². The quantitative estimate of drug-likeness (QED) is 0.798. The van der Waals surface area contributed by atoms with Gasteiger partial charge in [-0.05, 0) is 31.0 Å². The van der Waals surface area contributed by atoms with Gasteiger partial charge in [-0.15, -0.1) is 0 Å². The molecule has 0 fully saturated rings. The standard InChI is InChI=1S/C14H19Br2NO2/c1-3-13(4-2)17(5-6-18)14(19)10-7-11(15)9-12(16)8-10/h7-9,13,18H,3-6H2,1-2H3. The number of rotatable bonds is 6. The fourth-order valence-corrected chi connectivity index (χ4v) is 3.42. The minimum Gasteiger partial charge on any atom is -0.395 e. The van der Waals surface area contributed by atoms with Crippen LogP contribution in [0.4, 0.5) is 0 Å². The maximum absolute atomic E-state index is 12.6. The normalized spacial score (nSPS) is 10.8. The number of aliphatic hydroxyl groups is 1. The zero-order chi connectivity index (χ0) is 14.4. The number of nitrogens with zero attached hydrogens (tertiary/aromatic N) is 1. The van der Waals surface area contributed by atoms with E-state index in [1.54, 1.807) is 17.0 Å². The van der Waals surface area contributed by atoms with E-state index in [9.17, 15) is 4.79 Å². The number of halogens is 2. The van der Waals surface area contributed by atoms with E-state index >= 15 is 0 Å². The first-order chi connectivity index (χ1) is 9.03. The number of carbonyl (C=O) groups excluding carboxylic acids is 1. The van der Waals surface area contributed by atoms with Crippen molar-refractivity contribution < 1.29 is 9.90 Å². The van der Waals surface area contributed by atoms with Crippen LogP contribution in [-0.4, -0.2) is 35.1 Å². The van der Waals surface area contributed by atoms with Crippen molar-refractivity contribution in [3.63, 3.8) is 0 Å². The molecule has 1 aromatic carbocycles. The molecule has 0 aliphatic rings. The zero-order valence-corrected chi connectivity index (χ0v) is 14.4. The summed E-state index contributed by atoms with van der Waals surface area (Å²) in [5, 5.41) is 9.17. The fourth-order valence-electron chi connectivity index (χ4n) is 2.13. The van der Waals surface area contributed by atoms with Gasteiger partial charge in [0.1, 0.15) is 0 Å². The lowest BCUT2D eigenvalue weighted by Crippen LogP contribution is -2.41. The highest BCUT2D eigenvalue weighted by Crippen LogP contribution is 2.22. The van der Waals surface area contributed by atoms with Crippen molar-refractivity contribution in [2.75, 3.05) is 13.2 Å². The molecule has 0 saturated heterocycles. The van der Waals surface area contributed by atoms with Gasteiger partial charge in [-0.2, -0.15) is 0 Å². The van der Waals surface area contributed by atoms with Gasteiger partial charge < -0.3 is 10.0 Å². The molecule has 0 bridgehead atoms. The summed E-state index contributed by atoms with van der Waals surface area (Å²) in [5.41, 5.74) is 0.626. The third-order valence-corrected chi connectivity index (χ3v) is 4.01. The highest BCUT2D eigenvalue weighted by Gasteiger charge is 2.22. The van der Waals surface area contributed by atoms with Crippen LogP contribution >= 0.6 is 31.9 Å². The molecule has 1 amide bonds. The van der Waals surface area contributed by atoms with Crippen LogP contribution in [0.25, 0.3) is 0 Å². The lowest BCUT2D eigenvalue weighted by Gasteiger charge is -2.30. The SMILES string of the molecule is CCC(CC)N(CCO)C(=O)c1cc(Br)cc(Br)c1. The van der Waals surface area contributed by atoms with E-state index < -0.39 is 0 Å². The van der Waals surface area contributed by atoms with Crippen molar-refractivity contribution in [2.45, 2.75) is 32.7 Å². The number of amides is 1. The smallest absolute Gasteiger partial charge is 0.254 e. The molecule has 0 aromatic heterocycles. The van der Waals surface area contributed by atoms with Crippen LogP contribution in [0.15, 0.2) is 27.1 Å². The van der Waals surface area contributed by atoms with Crippen LogP contribution in [0.2, 0.25) is 0 Å². The molecule has 0 aliphatic heterocycles. The molecule has 106 valence electrons. The minimum atomic E-state index is -0.0373. The third-order valence-electron chi connectivity index (χ3n) is 3.09. The number of hydrogen-bond acceptors (Lipinski definition) is 2. The molecule has 0 heterocycles. The first-order valence-electron chi connectivity index (χ1n) is 6.41. The van der Waals surface area contributed by atoms with Gasteiger partial charge in [0.25, 0.3) is 5.91 Å². The van der Waals surface area contributed by atoms with Crippen molar-refractivity contribution in [1.82, 2.24) is 4.90 Å². The van der Waals surface area contributed by atoms with E-state index in [1.807, 2.05) is 6.07 Å². The lowest BCUT2D eigenvalue weighted by molar-refractivity contribution is 0.0622. The molecule has 3 nitrogen and oxygen atoms in total. The van der Waals surface area contributed by atoms with E-state index in [-0.39, 0.29) is 18.6 Å². The summed E-state index contributed by atoms with van der Waals surface area (Å²) in [4.78, 5) is 14.3. The van der Waals surface area contributed by atoms with Crippen LogP contribution in [0.5, 0.6) is 0 Å². The van der Waals surface area contributed by atoms with Gasteiger partial charge >= 0.3 is 0 Å². The van der Waals surface area contributed by atoms with Crippen LogP contribution in [-0.2, 0) is 0 Å². The molecule has 1 N–H and O–H groups in total. The summed E-state index contributed by atoms with van der Waals surface area (Å²) >= 11 is 6.78. The second kappa shape index (κ2) is 8.02. The van der Waals surface area contributed by atoms with E-state index in [0.29, 0.717) is 12.1 Å². The maximum atomic E-state index is 12.6. The van der Waals surface area contributed by atoms with Gasteiger partial charge in [0, 0.05) is 27.1 Å². The Bertz CT molecular complexity index is 413. The van der Waals surface area contributed by atoms with E-state index in [2.05, 4.69) is 45.7 Å². The molecular formula is C14H19Br2NO2. The Balaban J connectivity index is 3.04. The molecular weight excluding hydrogens is 374 g/mol. The predicted molar refractivity (Wildman–Crippen MR) is 84.3 cm³/mol. The van der Waals surface area contributed by atoms with Crippen molar-refractivity contribution >= 4 is 37.8 Å². The average molecular weight is 393 g/mol. The van der Waals surface area contributed by atoms with Crippen LogP contribution in [0, 0.1) is 0 Å². The van der Waals surface area contributed by atoms with Gasteiger partial charge in [-0.1, -0.05) is 45.7 Å². The molecule has 1 rings (SSSR count). The zero-order valence-electron chi connectivity index (χ0n) is 11.2. The molecule has 19 heavy (non-hydrogen) atoms. The first kappa shape index (κ1) is 16.7. The van der Waals surface area contributed by atoms with Crippen molar-refractivity contribution in [3.05, 3.63) is 32.7 Å². The summed E-state index contributed by atoms with van der Waals surface area (Å²) in [6, 6.07) is 5.67. The molecule has 0 unspecified atom stereocenters. The molecule has 0 aliphatic carbocycles. The summed E-state index contributed by atoms with van der Waals surface area (Å²) in [6.45, 7) is 4.47. The molecule has 5 heteroatoms. The van der Waals surface area contributed by atoms with Crippen molar-refractivity contribution in [2.24, 2.45) is 0 Å². The monoisotopic (exact) mass is 391 g/mol. The predicted octanol–water partition coefficient (Wildman–Crippen LogP) is 3.83. The summed E-state index contributed by atoms with van der Waals surface area (Å²) in [7, 11) is 0. The number of benzene rings is 1. The van der Waals surface area contributed by atoms with Crippen LogP contribution < -0.4 is 0 Å². The molecule has 0 saturated carbocycles. The number of carbonyl (C=O) groups is 1. The summed E-state index contributed by atoms with van der Waals surface area (Å²) < 4.78 is 1.72. The number of hydrogen-bond donors (Lipinski definition) is 1. The molecule has 0 atom stereocenters. The van der Waals surface area contributed by atoms with E-state index in [0.717, 1.165) is 21.8 Å². The molecule has 0 radical (unpaired) electrons. The highest BCUT2D eigenvalue weighted by atomic mass is 79.9. The molecule has 0 spiro atoms. The minimum absolute atomic E-state index is 0.0165. The Morgan fingerprint density at radius 3 is 2.16 bits per heavy atom. The Kier molecular flexibility index (Phi) is 7.04. The fraction of sp³-hybridized carbons (Fsp3) is 0.500. The second-order valence-corrected chi connectivity index (χ2v) is 6.18. The Morgan fingerprint density at radius 2 is 1.74 bits per heavy atom. The Hall–Kier alpha value is -0.390. The van der Waals surface area contributed by atoms with Crippen LogP contribution in [0.1, 0.15) is 37.0 Å². The third kappa shape index (κ3) is 4.58. The molecule has 1 aromatic rings.